The molecule has 2 aromatic rings. The van der Waals surface area contributed by atoms with Crippen LogP contribution in [0.15, 0.2) is 24.3 Å². The van der Waals surface area contributed by atoms with Gasteiger partial charge in [0.15, 0.2) is 5.69 Å². The molecule has 1 aromatic heterocycles. The molecule has 6 atom stereocenters. The van der Waals surface area contributed by atoms with E-state index in [0.717, 1.165) is 57.1 Å². The lowest BCUT2D eigenvalue weighted by Crippen LogP contribution is -2.44. The second-order valence-corrected chi connectivity index (χ2v) is 12.8. The van der Waals surface area contributed by atoms with E-state index in [9.17, 15) is 9.59 Å². The Morgan fingerprint density at radius 3 is 2.51 bits per heavy atom. The van der Waals surface area contributed by atoms with Crippen molar-refractivity contribution in [1.82, 2.24) is 14.7 Å². The molecule has 4 aliphatic rings. The maximum atomic E-state index is 13.0. The third-order valence-corrected chi connectivity index (χ3v) is 9.27. The molecule has 3 aliphatic carbocycles. The SMILES string of the molecule is CCOC(=O)c1c(I)c(-c2ccc(OC3C4CC5C4C53)cc2)nn1[C@@H]1CCCN(C(=O)OC(C)(C)C)C1. The summed E-state index contributed by atoms with van der Waals surface area (Å²) in [5.74, 6) is 3.96. The second kappa shape index (κ2) is 9.17. The number of esters is 1. The molecule has 0 radical (unpaired) electrons. The molecule has 9 heteroatoms. The lowest BCUT2D eigenvalue weighted by molar-refractivity contribution is 0.0165. The van der Waals surface area contributed by atoms with E-state index in [2.05, 4.69) is 22.6 Å². The van der Waals surface area contributed by atoms with Crippen LogP contribution >= 0.6 is 22.6 Å². The zero-order valence-electron chi connectivity index (χ0n) is 21.8. The minimum absolute atomic E-state index is 0.151. The highest BCUT2D eigenvalue weighted by atomic mass is 127. The Morgan fingerprint density at radius 2 is 1.89 bits per heavy atom. The highest BCUT2D eigenvalue weighted by molar-refractivity contribution is 14.1. The Hall–Kier alpha value is -2.30. The second-order valence-electron chi connectivity index (χ2n) is 11.7. The first-order valence-corrected chi connectivity index (χ1v) is 14.4. The molecule has 0 bridgehead atoms. The van der Waals surface area contributed by atoms with E-state index in [4.69, 9.17) is 19.3 Å². The van der Waals surface area contributed by atoms with Crippen LogP contribution in [0, 0.1) is 27.2 Å². The lowest BCUT2D eigenvalue weighted by Gasteiger charge is -2.36. The van der Waals surface area contributed by atoms with Gasteiger partial charge in [-0.05, 0) is 112 Å². The summed E-state index contributed by atoms with van der Waals surface area (Å²) in [6.45, 7) is 8.71. The molecule has 1 amide bonds. The number of halogens is 1. The number of aromatic nitrogens is 2. The van der Waals surface area contributed by atoms with Crippen LogP contribution in [0.3, 0.4) is 0 Å². The molecule has 1 aromatic carbocycles. The molecular formula is C28H34IN3O5. The maximum absolute atomic E-state index is 13.0. The first kappa shape index (κ1) is 25.0. The van der Waals surface area contributed by atoms with Crippen molar-refractivity contribution in [3.63, 3.8) is 0 Å². The third-order valence-electron chi connectivity index (χ3n) is 8.25. The largest absolute Gasteiger partial charge is 0.490 e. The molecule has 37 heavy (non-hydrogen) atoms. The third kappa shape index (κ3) is 4.40. The number of hydrogen-bond acceptors (Lipinski definition) is 6. The van der Waals surface area contributed by atoms with Crippen molar-refractivity contribution >= 4 is 34.7 Å². The molecular weight excluding hydrogens is 585 g/mol. The number of hydrogen-bond donors (Lipinski definition) is 0. The van der Waals surface area contributed by atoms with E-state index in [0.29, 0.717) is 24.9 Å². The molecule has 3 saturated carbocycles. The van der Waals surface area contributed by atoms with E-state index < -0.39 is 11.6 Å². The number of fused-ring (bicyclic) bond motifs is 1. The first-order valence-electron chi connectivity index (χ1n) is 13.4. The zero-order chi connectivity index (χ0) is 26.1. The van der Waals surface area contributed by atoms with Gasteiger partial charge in [0, 0.05) is 24.6 Å². The molecule has 1 saturated heterocycles. The van der Waals surface area contributed by atoms with Gasteiger partial charge in [0.2, 0.25) is 0 Å². The summed E-state index contributed by atoms with van der Waals surface area (Å²) in [4.78, 5) is 27.5. The zero-order valence-corrected chi connectivity index (χ0v) is 23.9. The van der Waals surface area contributed by atoms with E-state index >= 15 is 0 Å². The number of rotatable bonds is 6. The van der Waals surface area contributed by atoms with Gasteiger partial charge in [-0.15, -0.1) is 0 Å². The van der Waals surface area contributed by atoms with Gasteiger partial charge in [0.05, 0.1) is 16.2 Å². The summed E-state index contributed by atoms with van der Waals surface area (Å²) in [5, 5.41) is 4.92. The van der Waals surface area contributed by atoms with Crippen molar-refractivity contribution in [2.45, 2.75) is 64.7 Å². The quantitative estimate of drug-likeness (QED) is 0.312. The van der Waals surface area contributed by atoms with Gasteiger partial charge in [-0.3, -0.25) is 4.68 Å². The Kier molecular flexibility index (Phi) is 6.19. The van der Waals surface area contributed by atoms with Gasteiger partial charge in [0.25, 0.3) is 0 Å². The van der Waals surface area contributed by atoms with Crippen molar-refractivity contribution in [3.8, 4) is 17.0 Å². The average Bonchev–Trinajstić information content (AvgIpc) is 3.10. The van der Waals surface area contributed by atoms with Crippen LogP contribution in [0.5, 0.6) is 5.75 Å². The summed E-state index contributed by atoms with van der Waals surface area (Å²) in [6, 6.07) is 7.89. The number of ether oxygens (including phenoxy) is 3. The summed E-state index contributed by atoms with van der Waals surface area (Å²) < 4.78 is 19.8. The standard InChI is InChI=1S/C28H34IN3O5/c1-5-35-26(33)24-22(29)23(15-8-10-17(11-9-15)36-25-19-13-18-20(19)21(18)25)30-32(24)16-7-6-12-31(14-16)27(34)37-28(2,3)4/h8-11,16,18-21,25H,5-7,12-14H2,1-4H3/t16-,18?,19?,20?,21?,25?/m1/s1. The molecule has 0 N–H and O–H groups in total. The van der Waals surface area contributed by atoms with Crippen LogP contribution in [0.4, 0.5) is 4.79 Å². The average molecular weight is 620 g/mol. The minimum atomic E-state index is -0.566. The summed E-state index contributed by atoms with van der Waals surface area (Å²) in [7, 11) is 0. The van der Waals surface area contributed by atoms with Crippen LogP contribution in [0.1, 0.15) is 63.5 Å². The molecule has 0 spiro atoms. The Balaban J connectivity index is 1.24. The molecule has 8 nitrogen and oxygen atoms in total. The molecule has 1 aliphatic heterocycles. The van der Waals surface area contributed by atoms with Crippen molar-refractivity contribution < 1.29 is 23.8 Å². The number of likely N-dealkylation sites (tertiary alicyclic amines) is 1. The van der Waals surface area contributed by atoms with Crippen molar-refractivity contribution in [2.75, 3.05) is 19.7 Å². The molecule has 198 valence electrons. The molecule has 5 unspecified atom stereocenters. The fraction of sp³-hybridized carbons (Fsp3) is 0.607. The normalized spacial score (nSPS) is 29.5. The van der Waals surface area contributed by atoms with Gasteiger partial charge in [-0.25, -0.2) is 9.59 Å². The van der Waals surface area contributed by atoms with Crippen LogP contribution < -0.4 is 4.74 Å². The number of piperidine rings is 1. The first-order chi connectivity index (χ1) is 17.7. The minimum Gasteiger partial charge on any atom is -0.490 e. The van der Waals surface area contributed by atoms with Crippen LogP contribution in [0.25, 0.3) is 11.3 Å². The van der Waals surface area contributed by atoms with Crippen molar-refractivity contribution in [1.29, 1.82) is 0 Å². The number of nitrogens with zero attached hydrogens (tertiary/aromatic N) is 3. The number of amides is 1. The highest BCUT2D eigenvalue weighted by Crippen LogP contribution is 2.78. The topological polar surface area (TPSA) is 82.9 Å². The predicted octanol–water partition coefficient (Wildman–Crippen LogP) is 5.55. The fourth-order valence-electron chi connectivity index (χ4n) is 6.48. The van der Waals surface area contributed by atoms with Crippen LogP contribution in [-0.2, 0) is 9.47 Å². The number of benzene rings is 1. The van der Waals surface area contributed by atoms with Gasteiger partial charge in [0.1, 0.15) is 23.1 Å². The van der Waals surface area contributed by atoms with Crippen molar-refractivity contribution in [2.24, 2.45) is 23.7 Å². The van der Waals surface area contributed by atoms with Gasteiger partial charge in [-0.1, -0.05) is 0 Å². The van der Waals surface area contributed by atoms with Gasteiger partial charge < -0.3 is 19.1 Å². The summed E-state index contributed by atoms with van der Waals surface area (Å²) in [5.41, 5.74) is 1.52. The Bertz CT molecular complexity index is 1210. The Labute approximate surface area is 231 Å². The number of carbonyl (C=O) groups excluding carboxylic acids is 2. The van der Waals surface area contributed by atoms with E-state index in [1.165, 1.54) is 6.42 Å². The monoisotopic (exact) mass is 619 g/mol. The van der Waals surface area contributed by atoms with E-state index in [1.807, 2.05) is 45.0 Å². The predicted molar refractivity (Wildman–Crippen MR) is 145 cm³/mol. The highest BCUT2D eigenvalue weighted by Gasteiger charge is 2.78. The van der Waals surface area contributed by atoms with Crippen LogP contribution in [-0.4, -0.2) is 58.1 Å². The molecule has 4 fully saturated rings. The molecule has 6 rings (SSSR count). The van der Waals surface area contributed by atoms with Crippen LogP contribution in [0.2, 0.25) is 0 Å². The number of carbonyl (C=O) groups is 2. The van der Waals surface area contributed by atoms with E-state index in [-0.39, 0.29) is 18.7 Å². The smallest absolute Gasteiger partial charge is 0.410 e. The van der Waals surface area contributed by atoms with Gasteiger partial charge >= 0.3 is 12.1 Å². The maximum Gasteiger partial charge on any atom is 0.410 e. The lowest BCUT2D eigenvalue weighted by atomic mass is 9.76. The van der Waals surface area contributed by atoms with E-state index in [1.54, 1.807) is 16.5 Å². The van der Waals surface area contributed by atoms with Crippen molar-refractivity contribution in [3.05, 3.63) is 33.5 Å². The Morgan fingerprint density at radius 1 is 1.14 bits per heavy atom. The molecule has 2 heterocycles. The summed E-state index contributed by atoms with van der Waals surface area (Å²) >= 11 is 2.19. The fourth-order valence-corrected chi connectivity index (χ4v) is 7.37. The van der Waals surface area contributed by atoms with Gasteiger partial charge in [-0.2, -0.15) is 5.10 Å². The summed E-state index contributed by atoms with van der Waals surface area (Å²) in [6.07, 6.45) is 3.01.